The van der Waals surface area contributed by atoms with Crippen molar-refractivity contribution in [3.63, 3.8) is 0 Å². The molecular formula is C14H35N3Si. The number of hydrogen-bond acceptors (Lipinski definition) is 3. The van der Waals surface area contributed by atoms with E-state index in [-0.39, 0.29) is 0 Å². The van der Waals surface area contributed by atoms with Crippen LogP contribution in [-0.4, -0.2) is 8.56 Å². The van der Waals surface area contributed by atoms with E-state index in [4.69, 9.17) is 16.2 Å². The van der Waals surface area contributed by atoms with E-state index in [1.165, 1.54) is 70.6 Å². The smallest absolute Gasteiger partial charge is 0.273 e. The summed E-state index contributed by atoms with van der Waals surface area (Å²) in [6, 6.07) is 0.866. The Morgan fingerprint density at radius 3 is 1.22 bits per heavy atom. The first-order valence-electron chi connectivity index (χ1n) is 7.93. The summed E-state index contributed by atoms with van der Waals surface area (Å²) in [5.41, 5.74) is 0. The Morgan fingerprint density at radius 1 is 0.556 bits per heavy atom. The molecule has 0 heterocycles. The normalized spacial score (nSPS) is 12.0. The van der Waals surface area contributed by atoms with Crippen LogP contribution in [0.1, 0.15) is 84.0 Å². The van der Waals surface area contributed by atoms with Gasteiger partial charge in [-0.1, -0.05) is 84.0 Å². The van der Waals surface area contributed by atoms with Gasteiger partial charge in [0.25, 0.3) is 8.56 Å². The third-order valence-corrected chi connectivity index (χ3v) is 4.68. The highest BCUT2D eigenvalue weighted by molar-refractivity contribution is 6.70. The van der Waals surface area contributed by atoms with Gasteiger partial charge in [-0.15, -0.1) is 0 Å². The van der Waals surface area contributed by atoms with Crippen molar-refractivity contribution in [1.82, 2.24) is 0 Å². The molecule has 0 aliphatic carbocycles. The number of nitrogens with two attached hydrogens (primary N) is 3. The maximum Gasteiger partial charge on any atom is 0.273 e. The highest BCUT2D eigenvalue weighted by atomic mass is 28.4. The van der Waals surface area contributed by atoms with Gasteiger partial charge in [0.2, 0.25) is 0 Å². The molecule has 0 atom stereocenters. The lowest BCUT2D eigenvalue weighted by atomic mass is 10.1. The predicted octanol–water partition coefficient (Wildman–Crippen LogP) is 3.50. The van der Waals surface area contributed by atoms with Crippen LogP contribution in [0.3, 0.4) is 0 Å². The highest BCUT2D eigenvalue weighted by Gasteiger charge is 2.15. The summed E-state index contributed by atoms with van der Waals surface area (Å²) in [4.78, 5) is 0. The molecule has 18 heavy (non-hydrogen) atoms. The minimum Gasteiger partial charge on any atom is -0.327 e. The second kappa shape index (κ2) is 12.1. The average molecular weight is 274 g/mol. The number of rotatable bonds is 13. The third-order valence-electron chi connectivity index (χ3n) is 3.46. The zero-order chi connectivity index (χ0) is 13.7. The number of unbranched alkanes of at least 4 members (excludes halogenated alkanes) is 11. The molecule has 0 radical (unpaired) electrons. The first-order valence-corrected chi connectivity index (χ1v) is 10.4. The summed E-state index contributed by atoms with van der Waals surface area (Å²) in [5, 5.41) is 17.0. The van der Waals surface area contributed by atoms with E-state index in [0.29, 0.717) is 0 Å². The minimum absolute atomic E-state index is 0.866. The molecule has 0 saturated heterocycles. The molecule has 110 valence electrons. The summed E-state index contributed by atoms with van der Waals surface area (Å²) in [7, 11) is -2.25. The van der Waals surface area contributed by atoms with Crippen molar-refractivity contribution in [2.24, 2.45) is 16.2 Å². The van der Waals surface area contributed by atoms with Crippen LogP contribution in [0.5, 0.6) is 0 Å². The van der Waals surface area contributed by atoms with Crippen molar-refractivity contribution >= 4 is 8.56 Å². The quantitative estimate of drug-likeness (QED) is 0.355. The molecule has 0 spiro atoms. The zero-order valence-electron chi connectivity index (χ0n) is 12.4. The summed E-state index contributed by atoms with van der Waals surface area (Å²) < 4.78 is 0. The van der Waals surface area contributed by atoms with Gasteiger partial charge in [0.1, 0.15) is 0 Å². The van der Waals surface area contributed by atoms with Gasteiger partial charge in [-0.25, -0.2) is 0 Å². The lowest BCUT2D eigenvalue weighted by Gasteiger charge is -2.13. The first kappa shape index (κ1) is 18.1. The Balaban J connectivity index is 2.99. The van der Waals surface area contributed by atoms with Crippen molar-refractivity contribution in [3.05, 3.63) is 0 Å². The minimum atomic E-state index is -2.25. The molecule has 0 aromatic rings. The summed E-state index contributed by atoms with van der Waals surface area (Å²) in [6.45, 7) is 2.27. The van der Waals surface area contributed by atoms with Crippen LogP contribution in [0.25, 0.3) is 0 Å². The first-order chi connectivity index (χ1) is 8.56. The van der Waals surface area contributed by atoms with Gasteiger partial charge in [0, 0.05) is 0 Å². The van der Waals surface area contributed by atoms with E-state index in [1.807, 2.05) is 0 Å². The van der Waals surface area contributed by atoms with Crippen LogP contribution < -0.4 is 16.2 Å². The van der Waals surface area contributed by atoms with Crippen molar-refractivity contribution < 1.29 is 0 Å². The summed E-state index contributed by atoms with van der Waals surface area (Å²) in [6.07, 6.45) is 16.3. The summed E-state index contributed by atoms with van der Waals surface area (Å²) >= 11 is 0. The van der Waals surface area contributed by atoms with E-state index in [2.05, 4.69) is 6.92 Å². The van der Waals surface area contributed by atoms with E-state index < -0.39 is 8.56 Å². The van der Waals surface area contributed by atoms with Crippen LogP contribution in [0.15, 0.2) is 0 Å². The molecule has 0 bridgehead atoms. The standard InChI is InChI=1S/C14H35N3Si/c1-2-3-4-5-6-7-8-9-10-11-12-13-14-18(15,16)17/h2-17H2,1H3. The Bertz CT molecular complexity index is 169. The van der Waals surface area contributed by atoms with E-state index in [1.54, 1.807) is 0 Å². The zero-order valence-corrected chi connectivity index (χ0v) is 13.4. The molecule has 0 saturated carbocycles. The fraction of sp³-hybridized carbons (Fsp3) is 1.00. The molecule has 0 fully saturated rings. The van der Waals surface area contributed by atoms with E-state index in [9.17, 15) is 0 Å². The van der Waals surface area contributed by atoms with Crippen molar-refractivity contribution in [3.8, 4) is 0 Å². The molecule has 0 unspecified atom stereocenters. The largest absolute Gasteiger partial charge is 0.327 e. The molecule has 6 N–H and O–H groups in total. The van der Waals surface area contributed by atoms with Gasteiger partial charge >= 0.3 is 0 Å². The maximum atomic E-state index is 5.66. The van der Waals surface area contributed by atoms with Gasteiger partial charge < -0.3 is 16.2 Å². The van der Waals surface area contributed by atoms with Crippen molar-refractivity contribution in [1.29, 1.82) is 0 Å². The Morgan fingerprint density at radius 2 is 0.889 bits per heavy atom. The maximum absolute atomic E-state index is 5.66. The van der Waals surface area contributed by atoms with Crippen molar-refractivity contribution in [2.45, 2.75) is 90.0 Å². The van der Waals surface area contributed by atoms with Crippen LogP contribution in [0.2, 0.25) is 6.04 Å². The molecule has 3 nitrogen and oxygen atoms in total. The van der Waals surface area contributed by atoms with Crippen LogP contribution in [0.4, 0.5) is 0 Å². The van der Waals surface area contributed by atoms with E-state index in [0.717, 1.165) is 12.5 Å². The SMILES string of the molecule is CCCCCCCCCCCCCC[Si](N)(N)N. The molecule has 0 aromatic heterocycles. The molecular weight excluding hydrogens is 238 g/mol. The van der Waals surface area contributed by atoms with Crippen LogP contribution >= 0.6 is 0 Å². The van der Waals surface area contributed by atoms with Gasteiger partial charge in [0.05, 0.1) is 0 Å². The molecule has 0 aliphatic rings. The third kappa shape index (κ3) is 16.1. The van der Waals surface area contributed by atoms with Crippen molar-refractivity contribution in [2.75, 3.05) is 0 Å². The van der Waals surface area contributed by atoms with Crippen LogP contribution in [-0.2, 0) is 0 Å². The topological polar surface area (TPSA) is 78.1 Å². The predicted molar refractivity (Wildman–Crippen MR) is 84.2 cm³/mol. The summed E-state index contributed by atoms with van der Waals surface area (Å²) in [5.74, 6) is 0. The lowest BCUT2D eigenvalue weighted by Crippen LogP contribution is -2.64. The molecule has 0 aromatic carbocycles. The van der Waals surface area contributed by atoms with Gasteiger partial charge in [-0.05, 0) is 6.04 Å². The second-order valence-electron chi connectivity index (χ2n) is 5.75. The average Bonchev–Trinajstić information content (AvgIpc) is 2.29. The van der Waals surface area contributed by atoms with E-state index >= 15 is 0 Å². The van der Waals surface area contributed by atoms with Gasteiger partial charge in [-0.3, -0.25) is 0 Å². The van der Waals surface area contributed by atoms with Gasteiger partial charge in [-0.2, -0.15) is 0 Å². The fourth-order valence-corrected chi connectivity index (χ4v) is 3.13. The Labute approximate surface area is 115 Å². The molecule has 0 aliphatic heterocycles. The van der Waals surface area contributed by atoms with Crippen LogP contribution in [0, 0.1) is 0 Å². The Hall–Kier alpha value is 0.0969. The Kier molecular flexibility index (Phi) is 12.2. The monoisotopic (exact) mass is 273 g/mol. The molecule has 0 rings (SSSR count). The van der Waals surface area contributed by atoms with Gasteiger partial charge in [0.15, 0.2) is 0 Å². The second-order valence-corrected chi connectivity index (χ2v) is 8.48. The lowest BCUT2D eigenvalue weighted by molar-refractivity contribution is 0.547. The highest BCUT2D eigenvalue weighted by Crippen LogP contribution is 2.12. The number of hydrogen-bond donors (Lipinski definition) is 3. The molecule has 0 amide bonds. The fourth-order valence-electron chi connectivity index (χ4n) is 2.27. The molecule has 4 heteroatoms.